The maximum atomic E-state index is 6.53. The summed E-state index contributed by atoms with van der Waals surface area (Å²) < 4.78 is 2.06. The van der Waals surface area contributed by atoms with Gasteiger partial charge < -0.3 is 10.6 Å². The molecule has 5 heteroatoms. The van der Waals surface area contributed by atoms with E-state index in [-0.39, 0.29) is 0 Å². The Labute approximate surface area is 143 Å². The Balaban J connectivity index is 2.03. The van der Waals surface area contributed by atoms with E-state index < -0.39 is 0 Å². The summed E-state index contributed by atoms with van der Waals surface area (Å²) in [6, 6.07) is 8.27. The molecule has 124 valence electrons. The first-order valence-corrected chi connectivity index (χ1v) is 8.67. The minimum absolute atomic E-state index is 0.329. The second kappa shape index (κ2) is 6.54. The van der Waals surface area contributed by atoms with Crippen LogP contribution in [-0.2, 0) is 0 Å². The summed E-state index contributed by atoms with van der Waals surface area (Å²) >= 11 is 6.03. The van der Waals surface area contributed by atoms with E-state index in [0.717, 1.165) is 53.6 Å². The van der Waals surface area contributed by atoms with Crippen LogP contribution < -0.4 is 5.73 Å². The molecular formula is C18H25ClN4. The van der Waals surface area contributed by atoms with Gasteiger partial charge in [0.1, 0.15) is 5.82 Å². The van der Waals surface area contributed by atoms with Crippen molar-refractivity contribution in [3.05, 3.63) is 35.0 Å². The Bertz CT molecular complexity index is 667. The molecule has 1 fully saturated rings. The number of nitrogens with zero attached hydrogens (tertiary/aromatic N) is 3. The van der Waals surface area contributed by atoms with Crippen LogP contribution in [0.2, 0.25) is 5.02 Å². The number of nitrogens with two attached hydrogens (primary N) is 1. The van der Waals surface area contributed by atoms with Crippen LogP contribution in [0.15, 0.2) is 24.3 Å². The Morgan fingerprint density at radius 1 is 1.17 bits per heavy atom. The molecule has 1 saturated heterocycles. The van der Waals surface area contributed by atoms with Gasteiger partial charge in [0.05, 0.1) is 11.7 Å². The Hall–Kier alpha value is -1.52. The topological polar surface area (TPSA) is 47.1 Å². The van der Waals surface area contributed by atoms with E-state index in [0.29, 0.717) is 12.0 Å². The molecule has 3 rings (SSSR count). The van der Waals surface area contributed by atoms with E-state index in [2.05, 4.69) is 30.5 Å². The van der Waals surface area contributed by atoms with Crippen molar-refractivity contribution >= 4 is 17.4 Å². The molecule has 23 heavy (non-hydrogen) atoms. The number of nitrogen functional groups attached to an aromatic ring is 1. The zero-order valence-corrected chi connectivity index (χ0v) is 14.8. The SMILES string of the molecule is CC(C)c1nn(C2CCN(C)CC2)c(N)c1-c1ccc(Cl)cc1. The van der Waals surface area contributed by atoms with E-state index in [4.69, 9.17) is 22.4 Å². The van der Waals surface area contributed by atoms with Crippen molar-refractivity contribution in [2.75, 3.05) is 25.9 Å². The molecule has 0 radical (unpaired) electrons. The molecule has 0 aliphatic carbocycles. The van der Waals surface area contributed by atoms with Gasteiger partial charge in [-0.05, 0) is 56.6 Å². The summed E-state index contributed by atoms with van der Waals surface area (Å²) in [6.07, 6.45) is 2.19. The van der Waals surface area contributed by atoms with E-state index in [1.807, 2.05) is 24.3 Å². The summed E-state index contributed by atoms with van der Waals surface area (Å²) in [5, 5.41) is 5.63. The quantitative estimate of drug-likeness (QED) is 0.917. The van der Waals surface area contributed by atoms with Crippen LogP contribution in [0.25, 0.3) is 11.1 Å². The maximum absolute atomic E-state index is 6.53. The third-order valence-electron chi connectivity index (χ3n) is 4.69. The molecule has 1 aliphatic heterocycles. The van der Waals surface area contributed by atoms with E-state index in [1.165, 1.54) is 0 Å². The molecule has 1 aromatic heterocycles. The van der Waals surface area contributed by atoms with Gasteiger partial charge in [-0.25, -0.2) is 4.68 Å². The Morgan fingerprint density at radius 3 is 2.35 bits per heavy atom. The number of hydrogen-bond donors (Lipinski definition) is 1. The molecule has 0 bridgehead atoms. The summed E-state index contributed by atoms with van der Waals surface area (Å²) in [7, 11) is 2.17. The van der Waals surface area contributed by atoms with Crippen molar-refractivity contribution < 1.29 is 0 Å². The molecule has 0 unspecified atom stereocenters. The van der Waals surface area contributed by atoms with E-state index in [1.54, 1.807) is 0 Å². The molecule has 4 nitrogen and oxygen atoms in total. The molecule has 0 atom stereocenters. The van der Waals surface area contributed by atoms with Crippen LogP contribution in [0.4, 0.5) is 5.82 Å². The van der Waals surface area contributed by atoms with Crippen molar-refractivity contribution in [1.29, 1.82) is 0 Å². The third kappa shape index (κ3) is 3.24. The van der Waals surface area contributed by atoms with E-state index in [9.17, 15) is 0 Å². The number of benzene rings is 1. The van der Waals surface area contributed by atoms with Gasteiger partial charge in [0, 0.05) is 10.6 Å². The molecule has 1 aromatic carbocycles. The van der Waals surface area contributed by atoms with Crippen molar-refractivity contribution in [2.45, 2.75) is 38.6 Å². The number of aromatic nitrogens is 2. The second-order valence-corrected chi connectivity index (χ2v) is 7.22. The first-order chi connectivity index (χ1) is 11.0. The van der Waals surface area contributed by atoms with Crippen LogP contribution >= 0.6 is 11.6 Å². The lowest BCUT2D eigenvalue weighted by atomic mass is 9.99. The number of anilines is 1. The van der Waals surface area contributed by atoms with Crippen LogP contribution in [0.5, 0.6) is 0 Å². The molecule has 2 heterocycles. The average Bonchev–Trinajstić information content (AvgIpc) is 2.87. The highest BCUT2D eigenvalue weighted by molar-refractivity contribution is 6.30. The van der Waals surface area contributed by atoms with Crippen molar-refractivity contribution in [2.24, 2.45) is 0 Å². The molecule has 0 saturated carbocycles. The monoisotopic (exact) mass is 332 g/mol. The van der Waals surface area contributed by atoms with Gasteiger partial charge in [-0.2, -0.15) is 5.10 Å². The fraction of sp³-hybridized carbons (Fsp3) is 0.500. The summed E-state index contributed by atoms with van der Waals surface area (Å²) in [4.78, 5) is 2.36. The number of halogens is 1. The summed E-state index contributed by atoms with van der Waals surface area (Å²) in [5.41, 5.74) is 9.76. The first-order valence-electron chi connectivity index (χ1n) is 8.29. The number of rotatable bonds is 3. The van der Waals surface area contributed by atoms with Crippen LogP contribution in [0, 0.1) is 0 Å². The predicted molar refractivity (Wildman–Crippen MR) is 96.9 cm³/mol. The molecule has 1 aliphatic rings. The molecule has 0 spiro atoms. The lowest BCUT2D eigenvalue weighted by molar-refractivity contribution is 0.213. The standard InChI is InChI=1S/C18H25ClN4/c1-12(2)17-16(13-4-6-14(19)7-5-13)18(20)23(21-17)15-8-10-22(3)11-9-15/h4-7,12,15H,8-11,20H2,1-3H3. The Kier molecular flexibility index (Phi) is 4.64. The second-order valence-electron chi connectivity index (χ2n) is 6.79. The first kappa shape index (κ1) is 16.3. The smallest absolute Gasteiger partial charge is 0.130 e. The average molecular weight is 333 g/mol. The number of hydrogen-bond acceptors (Lipinski definition) is 3. The number of likely N-dealkylation sites (tertiary alicyclic amines) is 1. The fourth-order valence-electron chi connectivity index (χ4n) is 3.30. The van der Waals surface area contributed by atoms with E-state index >= 15 is 0 Å². The minimum atomic E-state index is 0.329. The lowest BCUT2D eigenvalue weighted by Crippen LogP contribution is -2.32. The highest BCUT2D eigenvalue weighted by Crippen LogP contribution is 2.37. The van der Waals surface area contributed by atoms with Crippen LogP contribution in [-0.4, -0.2) is 34.8 Å². The predicted octanol–water partition coefficient (Wildman–Crippen LogP) is 4.18. The van der Waals surface area contributed by atoms with Gasteiger partial charge in [0.15, 0.2) is 0 Å². The van der Waals surface area contributed by atoms with Gasteiger partial charge in [-0.1, -0.05) is 37.6 Å². The van der Waals surface area contributed by atoms with Crippen LogP contribution in [0.3, 0.4) is 0 Å². The lowest BCUT2D eigenvalue weighted by Gasteiger charge is -2.29. The highest BCUT2D eigenvalue weighted by Gasteiger charge is 2.26. The van der Waals surface area contributed by atoms with Crippen LogP contribution in [0.1, 0.15) is 44.3 Å². The van der Waals surface area contributed by atoms with Gasteiger partial charge in [-0.15, -0.1) is 0 Å². The van der Waals surface area contributed by atoms with Gasteiger partial charge in [0.25, 0.3) is 0 Å². The van der Waals surface area contributed by atoms with Gasteiger partial charge in [0.2, 0.25) is 0 Å². The maximum Gasteiger partial charge on any atom is 0.130 e. The van der Waals surface area contributed by atoms with Crippen molar-refractivity contribution in [3.63, 3.8) is 0 Å². The molecular weight excluding hydrogens is 308 g/mol. The molecule has 2 N–H and O–H groups in total. The highest BCUT2D eigenvalue weighted by atomic mass is 35.5. The number of piperidine rings is 1. The fourth-order valence-corrected chi connectivity index (χ4v) is 3.43. The molecule has 0 amide bonds. The van der Waals surface area contributed by atoms with Crippen molar-refractivity contribution in [1.82, 2.24) is 14.7 Å². The van der Waals surface area contributed by atoms with Crippen molar-refractivity contribution in [3.8, 4) is 11.1 Å². The normalized spacial score (nSPS) is 17.1. The van der Waals surface area contributed by atoms with Gasteiger partial charge >= 0.3 is 0 Å². The zero-order valence-electron chi connectivity index (χ0n) is 14.1. The summed E-state index contributed by atoms with van der Waals surface area (Å²) in [5.74, 6) is 1.11. The Morgan fingerprint density at radius 2 is 1.78 bits per heavy atom. The third-order valence-corrected chi connectivity index (χ3v) is 4.94. The largest absolute Gasteiger partial charge is 0.383 e. The zero-order chi connectivity index (χ0) is 16.6. The van der Waals surface area contributed by atoms with Gasteiger partial charge in [-0.3, -0.25) is 0 Å². The summed E-state index contributed by atoms with van der Waals surface area (Å²) in [6.45, 7) is 6.52. The molecule has 2 aromatic rings. The minimum Gasteiger partial charge on any atom is -0.383 e.